The topological polar surface area (TPSA) is 26.0 Å². The van der Waals surface area contributed by atoms with Crippen LogP contribution in [0, 0.1) is 6.92 Å². The molecule has 0 atom stereocenters. The molecule has 1 aromatic carbocycles. The fourth-order valence-electron chi connectivity index (χ4n) is 1.47. The largest absolute Gasteiger partial charge is 0.432 e. The molecule has 0 aliphatic rings. The zero-order valence-electron chi connectivity index (χ0n) is 8.68. The smallest absolute Gasteiger partial charge is 0.416 e. The average molecular weight is 262 g/mol. The van der Waals surface area contributed by atoms with E-state index in [0.717, 1.165) is 12.1 Å². The number of hydrogen-bond acceptors (Lipinski definition) is 2. The molecule has 0 N–H and O–H groups in total. The maximum atomic E-state index is 12.5. The first-order chi connectivity index (χ1) is 7.88. The Morgan fingerprint density at radius 1 is 1.29 bits per heavy atom. The summed E-state index contributed by atoms with van der Waals surface area (Å²) < 4.78 is 42.5. The number of aryl methyl sites for hydroxylation is 1. The molecule has 0 spiro atoms. The number of benzene rings is 1. The van der Waals surface area contributed by atoms with E-state index in [1.165, 1.54) is 12.1 Å². The Balaban J connectivity index is 2.50. The minimum Gasteiger partial charge on any atom is -0.432 e. The monoisotopic (exact) mass is 261 g/mol. The SMILES string of the molecule is Cc1oc(Cl)nc1-c1cccc(C(F)(F)F)c1. The summed E-state index contributed by atoms with van der Waals surface area (Å²) >= 11 is 5.55. The molecule has 2 aromatic rings. The third-order valence-corrected chi connectivity index (χ3v) is 2.40. The molecule has 2 rings (SSSR count). The van der Waals surface area contributed by atoms with Crippen molar-refractivity contribution in [3.8, 4) is 11.3 Å². The fourth-order valence-corrected chi connectivity index (χ4v) is 1.67. The molecule has 0 saturated carbocycles. The molecule has 0 aliphatic heterocycles. The molecule has 1 heterocycles. The lowest BCUT2D eigenvalue weighted by Crippen LogP contribution is -2.04. The molecule has 0 aliphatic carbocycles. The van der Waals surface area contributed by atoms with Crippen molar-refractivity contribution in [3.05, 3.63) is 40.9 Å². The second kappa shape index (κ2) is 4.07. The molecule has 1 aromatic heterocycles. The Labute approximate surface area is 100 Å². The predicted octanol–water partition coefficient (Wildman–Crippen LogP) is 4.32. The maximum Gasteiger partial charge on any atom is 0.416 e. The molecule has 0 fully saturated rings. The molecule has 0 radical (unpaired) electrons. The number of nitrogens with zero attached hydrogens (tertiary/aromatic N) is 1. The van der Waals surface area contributed by atoms with E-state index in [-0.39, 0.29) is 5.35 Å². The van der Waals surface area contributed by atoms with Crippen molar-refractivity contribution in [1.82, 2.24) is 4.98 Å². The summed E-state index contributed by atoms with van der Waals surface area (Å²) in [5.41, 5.74) is -0.0809. The van der Waals surface area contributed by atoms with Gasteiger partial charge in [-0.15, -0.1) is 0 Å². The maximum absolute atomic E-state index is 12.5. The predicted molar refractivity (Wildman–Crippen MR) is 56.7 cm³/mol. The third kappa shape index (κ3) is 2.44. The number of aromatic nitrogens is 1. The van der Waals surface area contributed by atoms with Gasteiger partial charge in [-0.25, -0.2) is 0 Å². The zero-order chi connectivity index (χ0) is 12.6. The number of alkyl halides is 3. The summed E-state index contributed by atoms with van der Waals surface area (Å²) in [6, 6.07) is 4.86. The highest BCUT2D eigenvalue weighted by Crippen LogP contribution is 2.33. The van der Waals surface area contributed by atoms with Crippen LogP contribution in [0.25, 0.3) is 11.3 Å². The highest BCUT2D eigenvalue weighted by molar-refractivity contribution is 6.27. The van der Waals surface area contributed by atoms with Crippen molar-refractivity contribution in [2.75, 3.05) is 0 Å². The van der Waals surface area contributed by atoms with Crippen LogP contribution in [0.2, 0.25) is 5.35 Å². The van der Waals surface area contributed by atoms with Crippen LogP contribution in [0.5, 0.6) is 0 Å². The summed E-state index contributed by atoms with van der Waals surface area (Å²) in [6.45, 7) is 1.59. The van der Waals surface area contributed by atoms with Gasteiger partial charge < -0.3 is 4.42 Å². The summed E-state index contributed by atoms with van der Waals surface area (Å²) in [7, 11) is 0. The van der Waals surface area contributed by atoms with E-state index in [1.54, 1.807) is 6.92 Å². The first-order valence-corrected chi connectivity index (χ1v) is 5.06. The molecular weight excluding hydrogens is 255 g/mol. The van der Waals surface area contributed by atoms with Crippen LogP contribution in [-0.4, -0.2) is 4.98 Å². The van der Waals surface area contributed by atoms with Gasteiger partial charge in [0.25, 0.3) is 5.35 Å². The third-order valence-electron chi connectivity index (χ3n) is 2.23. The van der Waals surface area contributed by atoms with Crippen molar-refractivity contribution in [2.45, 2.75) is 13.1 Å². The zero-order valence-corrected chi connectivity index (χ0v) is 9.43. The van der Waals surface area contributed by atoms with Gasteiger partial charge in [-0.1, -0.05) is 12.1 Å². The van der Waals surface area contributed by atoms with E-state index in [1.807, 2.05) is 0 Å². The summed E-state index contributed by atoms with van der Waals surface area (Å²) in [5, 5.41) is -0.0880. The van der Waals surface area contributed by atoms with Gasteiger partial charge in [0.15, 0.2) is 0 Å². The van der Waals surface area contributed by atoms with Crippen molar-refractivity contribution in [1.29, 1.82) is 0 Å². The van der Waals surface area contributed by atoms with E-state index in [9.17, 15) is 13.2 Å². The van der Waals surface area contributed by atoms with E-state index in [0.29, 0.717) is 17.0 Å². The molecule has 0 saturated heterocycles. The van der Waals surface area contributed by atoms with Crippen molar-refractivity contribution < 1.29 is 17.6 Å². The van der Waals surface area contributed by atoms with Crippen LogP contribution in [0.3, 0.4) is 0 Å². The van der Waals surface area contributed by atoms with Gasteiger partial charge in [-0.05, 0) is 30.7 Å². The Kier molecular flexibility index (Phi) is 2.87. The molecule has 17 heavy (non-hydrogen) atoms. The molecule has 6 heteroatoms. The van der Waals surface area contributed by atoms with Crippen molar-refractivity contribution in [3.63, 3.8) is 0 Å². The minimum atomic E-state index is -4.38. The van der Waals surface area contributed by atoms with Gasteiger partial charge in [-0.2, -0.15) is 18.2 Å². The summed E-state index contributed by atoms with van der Waals surface area (Å²) in [6.07, 6.45) is -4.38. The van der Waals surface area contributed by atoms with Crippen LogP contribution in [0.15, 0.2) is 28.7 Å². The second-order valence-electron chi connectivity index (χ2n) is 3.45. The molecule has 0 amide bonds. The molecule has 2 nitrogen and oxygen atoms in total. The minimum absolute atomic E-state index is 0.0880. The van der Waals surface area contributed by atoms with Gasteiger partial charge in [0.1, 0.15) is 11.5 Å². The Morgan fingerprint density at radius 3 is 2.53 bits per heavy atom. The second-order valence-corrected chi connectivity index (χ2v) is 3.77. The van der Waals surface area contributed by atoms with Gasteiger partial charge in [0.05, 0.1) is 5.56 Å². The van der Waals surface area contributed by atoms with E-state index >= 15 is 0 Å². The van der Waals surface area contributed by atoms with E-state index < -0.39 is 11.7 Å². The molecular formula is C11H7ClF3NO. The first kappa shape index (κ1) is 12.0. The quantitative estimate of drug-likeness (QED) is 0.764. The first-order valence-electron chi connectivity index (χ1n) is 4.68. The van der Waals surface area contributed by atoms with Crippen LogP contribution in [-0.2, 0) is 6.18 Å². The Morgan fingerprint density at radius 2 is 2.00 bits per heavy atom. The van der Waals surface area contributed by atoms with Gasteiger partial charge in [-0.3, -0.25) is 0 Å². The van der Waals surface area contributed by atoms with E-state index in [2.05, 4.69) is 4.98 Å². The normalized spacial score (nSPS) is 11.8. The summed E-state index contributed by atoms with van der Waals surface area (Å²) in [4.78, 5) is 3.84. The highest BCUT2D eigenvalue weighted by atomic mass is 35.5. The van der Waals surface area contributed by atoms with Gasteiger partial charge in [0, 0.05) is 5.56 Å². The van der Waals surface area contributed by atoms with Crippen LogP contribution in [0.1, 0.15) is 11.3 Å². The average Bonchev–Trinajstić information content (AvgIpc) is 2.57. The highest BCUT2D eigenvalue weighted by Gasteiger charge is 2.30. The lowest BCUT2D eigenvalue weighted by atomic mass is 10.1. The van der Waals surface area contributed by atoms with E-state index in [4.69, 9.17) is 16.0 Å². The number of oxazole rings is 1. The number of rotatable bonds is 1. The number of halogens is 4. The van der Waals surface area contributed by atoms with Crippen molar-refractivity contribution in [2.24, 2.45) is 0 Å². The lowest BCUT2D eigenvalue weighted by Gasteiger charge is -2.07. The van der Waals surface area contributed by atoms with Crippen LogP contribution in [0.4, 0.5) is 13.2 Å². The Bertz CT molecular complexity index is 548. The molecule has 90 valence electrons. The molecule has 0 unspecified atom stereocenters. The summed E-state index contributed by atoms with van der Waals surface area (Å²) in [5.74, 6) is 0.384. The van der Waals surface area contributed by atoms with Crippen LogP contribution < -0.4 is 0 Å². The Hall–Kier alpha value is -1.49. The standard InChI is InChI=1S/C11H7ClF3NO/c1-6-9(16-10(12)17-6)7-3-2-4-8(5-7)11(13,14)15/h2-5H,1H3. The van der Waals surface area contributed by atoms with Gasteiger partial charge in [0.2, 0.25) is 0 Å². The van der Waals surface area contributed by atoms with Crippen molar-refractivity contribution >= 4 is 11.6 Å². The number of hydrogen-bond donors (Lipinski definition) is 0. The van der Waals surface area contributed by atoms with Crippen LogP contribution >= 0.6 is 11.6 Å². The molecule has 0 bridgehead atoms. The van der Waals surface area contributed by atoms with Gasteiger partial charge >= 0.3 is 6.18 Å². The lowest BCUT2D eigenvalue weighted by molar-refractivity contribution is -0.137. The fraction of sp³-hybridized carbons (Fsp3) is 0.182.